The number of rotatable bonds is 8. The number of anilines is 3. The molecule has 0 radical (unpaired) electrons. The zero-order valence-electron chi connectivity index (χ0n) is 16.9. The third-order valence-electron chi connectivity index (χ3n) is 4.56. The Balaban J connectivity index is 1.29. The standard InChI is InChI=1S/C22H22N6O2S/c1-16-5-4-8-21(25-16)26-22-12-11-20(27-28-22)23-13-14-24-31(29,30)19-10-9-17-6-2-3-7-18(17)15-19/h2-12,15,24H,13-14H2,1H3,(H,23,27)(H,25,26,28). The summed E-state index contributed by atoms with van der Waals surface area (Å²) in [5.74, 6) is 1.81. The monoisotopic (exact) mass is 434 g/mol. The third-order valence-corrected chi connectivity index (χ3v) is 6.02. The van der Waals surface area contributed by atoms with Crippen molar-refractivity contribution in [3.8, 4) is 0 Å². The van der Waals surface area contributed by atoms with Crippen LogP contribution < -0.4 is 15.4 Å². The Labute approximate surface area is 180 Å². The molecule has 3 N–H and O–H groups in total. The highest BCUT2D eigenvalue weighted by atomic mass is 32.2. The van der Waals surface area contributed by atoms with Gasteiger partial charge in [0.1, 0.15) is 11.6 Å². The van der Waals surface area contributed by atoms with Crippen LogP contribution in [0.4, 0.5) is 17.5 Å². The maximum absolute atomic E-state index is 12.5. The van der Waals surface area contributed by atoms with Crippen molar-refractivity contribution in [2.24, 2.45) is 0 Å². The van der Waals surface area contributed by atoms with E-state index >= 15 is 0 Å². The van der Waals surface area contributed by atoms with Crippen LogP contribution in [0.5, 0.6) is 0 Å². The SMILES string of the molecule is Cc1cccc(Nc2ccc(NCCNS(=O)(=O)c3ccc4ccccc4c3)nn2)n1. The lowest BCUT2D eigenvalue weighted by Crippen LogP contribution is -2.29. The number of hydrogen-bond acceptors (Lipinski definition) is 7. The van der Waals surface area contributed by atoms with Gasteiger partial charge in [0.2, 0.25) is 10.0 Å². The minimum absolute atomic E-state index is 0.212. The van der Waals surface area contributed by atoms with E-state index in [0.29, 0.717) is 24.0 Å². The Morgan fingerprint density at radius 1 is 0.774 bits per heavy atom. The molecule has 2 heterocycles. The van der Waals surface area contributed by atoms with Gasteiger partial charge in [-0.2, -0.15) is 0 Å². The van der Waals surface area contributed by atoms with E-state index in [1.54, 1.807) is 30.3 Å². The Morgan fingerprint density at radius 3 is 2.32 bits per heavy atom. The molecule has 158 valence electrons. The van der Waals surface area contributed by atoms with Crippen LogP contribution in [-0.4, -0.2) is 36.7 Å². The first-order valence-electron chi connectivity index (χ1n) is 9.76. The van der Waals surface area contributed by atoms with E-state index in [0.717, 1.165) is 16.5 Å². The summed E-state index contributed by atoms with van der Waals surface area (Å²) in [5.41, 5.74) is 0.905. The zero-order chi connectivity index (χ0) is 21.7. The van der Waals surface area contributed by atoms with Crippen molar-refractivity contribution in [3.63, 3.8) is 0 Å². The maximum Gasteiger partial charge on any atom is 0.240 e. The fourth-order valence-electron chi connectivity index (χ4n) is 3.03. The van der Waals surface area contributed by atoms with Gasteiger partial charge in [-0.15, -0.1) is 10.2 Å². The van der Waals surface area contributed by atoms with Crippen LogP contribution in [0, 0.1) is 6.92 Å². The molecule has 0 saturated carbocycles. The van der Waals surface area contributed by atoms with Gasteiger partial charge in [-0.1, -0.05) is 36.4 Å². The number of aromatic nitrogens is 3. The summed E-state index contributed by atoms with van der Waals surface area (Å²) in [6, 6.07) is 21.9. The van der Waals surface area contributed by atoms with Gasteiger partial charge < -0.3 is 10.6 Å². The van der Waals surface area contributed by atoms with Crippen LogP contribution in [0.1, 0.15) is 5.69 Å². The second-order valence-electron chi connectivity index (χ2n) is 6.93. The molecule has 8 nitrogen and oxygen atoms in total. The highest BCUT2D eigenvalue weighted by Crippen LogP contribution is 2.18. The van der Waals surface area contributed by atoms with Gasteiger partial charge in [-0.25, -0.2) is 18.1 Å². The van der Waals surface area contributed by atoms with Crippen molar-refractivity contribution in [3.05, 3.63) is 78.5 Å². The van der Waals surface area contributed by atoms with Crippen molar-refractivity contribution in [2.75, 3.05) is 23.7 Å². The summed E-state index contributed by atoms with van der Waals surface area (Å²) in [5, 5.41) is 16.2. The van der Waals surface area contributed by atoms with E-state index in [2.05, 4.69) is 30.5 Å². The summed E-state index contributed by atoms with van der Waals surface area (Å²) < 4.78 is 27.7. The highest BCUT2D eigenvalue weighted by molar-refractivity contribution is 7.89. The van der Waals surface area contributed by atoms with Crippen molar-refractivity contribution < 1.29 is 8.42 Å². The molecule has 4 aromatic rings. The number of hydrogen-bond donors (Lipinski definition) is 3. The van der Waals surface area contributed by atoms with Crippen LogP contribution in [0.2, 0.25) is 0 Å². The van der Waals surface area contributed by atoms with E-state index in [1.165, 1.54) is 0 Å². The number of sulfonamides is 1. The Morgan fingerprint density at radius 2 is 1.55 bits per heavy atom. The highest BCUT2D eigenvalue weighted by Gasteiger charge is 2.13. The average Bonchev–Trinajstić information content (AvgIpc) is 2.77. The first-order valence-corrected chi connectivity index (χ1v) is 11.2. The molecule has 0 aliphatic carbocycles. The number of fused-ring (bicyclic) bond motifs is 1. The molecule has 2 aromatic heterocycles. The minimum Gasteiger partial charge on any atom is -0.367 e. The van der Waals surface area contributed by atoms with Crippen molar-refractivity contribution in [1.82, 2.24) is 19.9 Å². The number of pyridine rings is 1. The van der Waals surface area contributed by atoms with E-state index in [-0.39, 0.29) is 11.4 Å². The van der Waals surface area contributed by atoms with Gasteiger partial charge in [-0.05, 0) is 54.1 Å². The van der Waals surface area contributed by atoms with Gasteiger partial charge in [0.25, 0.3) is 0 Å². The van der Waals surface area contributed by atoms with Crippen molar-refractivity contribution >= 4 is 38.2 Å². The lowest BCUT2D eigenvalue weighted by molar-refractivity contribution is 0.583. The van der Waals surface area contributed by atoms with Gasteiger partial charge in [0.15, 0.2) is 5.82 Å². The third kappa shape index (κ3) is 5.33. The first-order chi connectivity index (χ1) is 15.0. The summed E-state index contributed by atoms with van der Waals surface area (Å²) in [6.45, 7) is 2.50. The Kier molecular flexibility index (Phi) is 6.06. The van der Waals surface area contributed by atoms with Crippen molar-refractivity contribution in [2.45, 2.75) is 11.8 Å². The molecule has 9 heteroatoms. The smallest absolute Gasteiger partial charge is 0.240 e. The summed E-state index contributed by atoms with van der Waals surface area (Å²) in [7, 11) is -3.59. The quantitative estimate of drug-likeness (QED) is 0.364. The largest absolute Gasteiger partial charge is 0.367 e. The molecule has 2 aromatic carbocycles. The predicted octanol–water partition coefficient (Wildman–Crippen LogP) is 3.47. The fourth-order valence-corrected chi connectivity index (χ4v) is 4.10. The molecule has 0 aliphatic rings. The second-order valence-corrected chi connectivity index (χ2v) is 8.69. The maximum atomic E-state index is 12.5. The molecular formula is C22H22N6O2S. The molecule has 0 aliphatic heterocycles. The van der Waals surface area contributed by atoms with E-state index < -0.39 is 10.0 Å². The Hall–Kier alpha value is -3.56. The van der Waals surface area contributed by atoms with Gasteiger partial charge in [0.05, 0.1) is 4.90 Å². The van der Waals surface area contributed by atoms with Gasteiger partial charge in [-0.3, -0.25) is 0 Å². The lowest BCUT2D eigenvalue weighted by Gasteiger charge is -2.09. The molecule has 0 atom stereocenters. The molecule has 0 unspecified atom stereocenters. The molecule has 0 spiro atoms. The summed E-state index contributed by atoms with van der Waals surface area (Å²) >= 11 is 0. The molecular weight excluding hydrogens is 412 g/mol. The molecule has 0 amide bonds. The molecule has 0 fully saturated rings. The van der Waals surface area contributed by atoms with E-state index in [1.807, 2.05) is 49.4 Å². The minimum atomic E-state index is -3.59. The molecule has 0 bridgehead atoms. The van der Waals surface area contributed by atoms with Crippen LogP contribution >= 0.6 is 0 Å². The van der Waals surface area contributed by atoms with Crippen LogP contribution in [0.3, 0.4) is 0 Å². The Bertz CT molecular complexity index is 1290. The van der Waals surface area contributed by atoms with Gasteiger partial charge in [0, 0.05) is 18.8 Å². The topological polar surface area (TPSA) is 109 Å². The number of nitrogens with zero attached hydrogens (tertiary/aromatic N) is 3. The van der Waals surface area contributed by atoms with Crippen LogP contribution in [-0.2, 0) is 10.0 Å². The number of nitrogens with one attached hydrogen (secondary N) is 3. The van der Waals surface area contributed by atoms with E-state index in [9.17, 15) is 8.42 Å². The molecule has 0 saturated heterocycles. The number of benzene rings is 2. The van der Waals surface area contributed by atoms with Crippen molar-refractivity contribution in [1.29, 1.82) is 0 Å². The zero-order valence-corrected chi connectivity index (χ0v) is 17.7. The molecule has 31 heavy (non-hydrogen) atoms. The number of aryl methyl sites for hydroxylation is 1. The van der Waals surface area contributed by atoms with E-state index in [4.69, 9.17) is 0 Å². The lowest BCUT2D eigenvalue weighted by atomic mass is 10.1. The molecule has 4 rings (SSSR count). The van der Waals surface area contributed by atoms with Gasteiger partial charge >= 0.3 is 0 Å². The predicted molar refractivity (Wildman–Crippen MR) is 122 cm³/mol. The van der Waals surface area contributed by atoms with Crippen LogP contribution in [0.15, 0.2) is 77.7 Å². The summed E-state index contributed by atoms with van der Waals surface area (Å²) in [6.07, 6.45) is 0. The van der Waals surface area contributed by atoms with Crippen LogP contribution in [0.25, 0.3) is 10.8 Å². The summed E-state index contributed by atoms with van der Waals surface area (Å²) in [4.78, 5) is 4.60. The normalized spacial score (nSPS) is 11.4. The fraction of sp³-hybridized carbons (Fsp3) is 0.136. The second kappa shape index (κ2) is 9.07. The average molecular weight is 435 g/mol. The first kappa shape index (κ1) is 20.7.